The zero-order chi connectivity index (χ0) is 23.0. The first-order valence-corrected chi connectivity index (χ1v) is 10.5. The number of rotatable bonds is 9. The van der Waals surface area contributed by atoms with Crippen LogP contribution >= 0.6 is 11.3 Å². The van der Waals surface area contributed by atoms with Gasteiger partial charge in [0.2, 0.25) is 5.13 Å². The number of aromatic nitrogens is 1. The van der Waals surface area contributed by atoms with Gasteiger partial charge in [0.05, 0.1) is 30.5 Å². The van der Waals surface area contributed by atoms with Crippen molar-refractivity contribution >= 4 is 28.7 Å². The number of halogens is 3. The largest absolute Gasteiger partial charge is 0.489 e. The molecule has 0 aliphatic rings. The van der Waals surface area contributed by atoms with Crippen molar-refractivity contribution in [3.8, 4) is 5.75 Å². The van der Waals surface area contributed by atoms with Crippen LogP contribution in [0, 0.1) is 0 Å². The van der Waals surface area contributed by atoms with Crippen LogP contribution in [0.15, 0.2) is 59.0 Å². The lowest BCUT2D eigenvalue weighted by Crippen LogP contribution is -2.07. The third kappa shape index (κ3) is 7.09. The predicted molar refractivity (Wildman–Crippen MR) is 116 cm³/mol. The molecule has 0 spiro atoms. The first-order chi connectivity index (χ1) is 15.3. The van der Waals surface area contributed by atoms with Crippen LogP contribution in [0.2, 0.25) is 0 Å². The lowest BCUT2D eigenvalue weighted by Gasteiger charge is -2.10. The van der Waals surface area contributed by atoms with Gasteiger partial charge < -0.3 is 9.47 Å². The molecule has 0 radical (unpaired) electrons. The van der Waals surface area contributed by atoms with E-state index in [0.29, 0.717) is 28.7 Å². The quantitative estimate of drug-likeness (QED) is 0.265. The van der Waals surface area contributed by atoms with Crippen molar-refractivity contribution in [3.63, 3.8) is 0 Å². The Kier molecular flexibility index (Phi) is 7.82. The summed E-state index contributed by atoms with van der Waals surface area (Å²) in [5.41, 5.74) is 3.92. The van der Waals surface area contributed by atoms with Crippen LogP contribution in [0.4, 0.5) is 18.3 Å². The van der Waals surface area contributed by atoms with Gasteiger partial charge in [0, 0.05) is 5.38 Å². The molecule has 3 rings (SSSR count). The highest BCUT2D eigenvalue weighted by atomic mass is 32.1. The third-order valence-corrected chi connectivity index (χ3v) is 4.89. The average Bonchev–Trinajstić information content (AvgIpc) is 3.20. The first kappa shape index (κ1) is 23.3. The van der Waals surface area contributed by atoms with Gasteiger partial charge in [-0.25, -0.2) is 4.98 Å². The number of hydrogen-bond acceptors (Lipinski definition) is 7. The summed E-state index contributed by atoms with van der Waals surface area (Å²) in [7, 11) is 0. The Balaban J connectivity index is 1.49. The predicted octanol–water partition coefficient (Wildman–Crippen LogP) is 5.29. The van der Waals surface area contributed by atoms with E-state index in [9.17, 15) is 18.0 Å². The number of carbonyl (C=O) groups excluding carboxylic acids is 1. The Bertz CT molecular complexity index is 1070. The Hall–Kier alpha value is -3.40. The highest BCUT2D eigenvalue weighted by Crippen LogP contribution is 2.29. The standard InChI is InChI=1S/C22H20F3N3O3S/c1-2-30-20(29)11-18-14-32-21(27-18)28-26-12-15-6-8-19(9-7-15)31-13-16-4-3-5-17(10-16)22(23,24)25/h3-10,12,14H,2,11,13H2,1H3,(H,27,28). The molecule has 0 saturated heterocycles. The van der Waals surface area contributed by atoms with E-state index in [-0.39, 0.29) is 19.0 Å². The SMILES string of the molecule is CCOC(=O)Cc1csc(NN=Cc2ccc(OCc3cccc(C(F)(F)F)c3)cc2)n1. The highest BCUT2D eigenvalue weighted by molar-refractivity contribution is 7.13. The molecule has 168 valence electrons. The van der Waals surface area contributed by atoms with E-state index in [4.69, 9.17) is 9.47 Å². The van der Waals surface area contributed by atoms with Gasteiger partial charge in [-0.2, -0.15) is 18.3 Å². The van der Waals surface area contributed by atoms with Crippen molar-refractivity contribution in [1.82, 2.24) is 4.98 Å². The summed E-state index contributed by atoms with van der Waals surface area (Å²) < 4.78 is 48.8. The van der Waals surface area contributed by atoms with E-state index in [2.05, 4.69) is 15.5 Å². The van der Waals surface area contributed by atoms with Crippen molar-refractivity contribution < 1.29 is 27.4 Å². The fourth-order valence-electron chi connectivity index (χ4n) is 2.62. The van der Waals surface area contributed by atoms with Crippen molar-refractivity contribution in [3.05, 3.63) is 76.3 Å². The van der Waals surface area contributed by atoms with Crippen LogP contribution < -0.4 is 10.2 Å². The molecule has 10 heteroatoms. The second-order valence-corrected chi connectivity index (χ2v) is 7.41. The zero-order valence-corrected chi connectivity index (χ0v) is 17.9. The van der Waals surface area contributed by atoms with Crippen LogP contribution in [-0.4, -0.2) is 23.8 Å². The number of anilines is 1. The molecule has 1 aromatic heterocycles. The van der Waals surface area contributed by atoms with Gasteiger partial charge >= 0.3 is 12.1 Å². The van der Waals surface area contributed by atoms with Crippen molar-refractivity contribution in [1.29, 1.82) is 0 Å². The fraction of sp³-hybridized carbons (Fsp3) is 0.227. The summed E-state index contributed by atoms with van der Waals surface area (Å²) in [6.45, 7) is 2.10. The summed E-state index contributed by atoms with van der Waals surface area (Å²) in [6, 6.07) is 12.0. The van der Waals surface area contributed by atoms with Crippen LogP contribution in [0.5, 0.6) is 5.75 Å². The minimum atomic E-state index is -4.38. The number of ether oxygens (including phenoxy) is 2. The van der Waals surface area contributed by atoms with Gasteiger partial charge in [-0.15, -0.1) is 11.3 Å². The molecule has 1 N–H and O–H groups in total. The minimum absolute atomic E-state index is 0.0249. The normalized spacial score (nSPS) is 11.5. The van der Waals surface area contributed by atoms with Gasteiger partial charge in [0.1, 0.15) is 12.4 Å². The Morgan fingerprint density at radius 2 is 2.00 bits per heavy atom. The topological polar surface area (TPSA) is 72.8 Å². The van der Waals surface area contributed by atoms with E-state index in [1.54, 1.807) is 48.9 Å². The number of benzene rings is 2. The summed E-state index contributed by atoms with van der Waals surface area (Å²) in [4.78, 5) is 15.7. The number of alkyl halides is 3. The van der Waals surface area contributed by atoms with Crippen LogP contribution in [-0.2, 0) is 28.7 Å². The van der Waals surface area contributed by atoms with Crippen molar-refractivity contribution in [2.24, 2.45) is 5.10 Å². The summed E-state index contributed by atoms with van der Waals surface area (Å²) in [6.07, 6.45) is -2.69. The smallest absolute Gasteiger partial charge is 0.416 e. The van der Waals surface area contributed by atoms with Gasteiger partial charge in [-0.1, -0.05) is 12.1 Å². The number of hydrazone groups is 1. The molecule has 1 heterocycles. The molecule has 3 aromatic rings. The van der Waals surface area contributed by atoms with Gasteiger partial charge in [-0.3, -0.25) is 10.2 Å². The van der Waals surface area contributed by atoms with E-state index in [1.165, 1.54) is 17.4 Å². The monoisotopic (exact) mass is 463 g/mol. The van der Waals surface area contributed by atoms with Crippen molar-refractivity contribution in [2.45, 2.75) is 26.1 Å². The molecule has 0 amide bonds. The average molecular weight is 463 g/mol. The molecule has 0 atom stereocenters. The molecule has 2 aromatic carbocycles. The Morgan fingerprint density at radius 3 is 2.72 bits per heavy atom. The van der Waals surface area contributed by atoms with Gasteiger partial charge in [0.25, 0.3) is 0 Å². The maximum Gasteiger partial charge on any atom is 0.416 e. The second-order valence-electron chi connectivity index (χ2n) is 6.55. The second kappa shape index (κ2) is 10.8. The molecule has 0 unspecified atom stereocenters. The van der Waals surface area contributed by atoms with Gasteiger partial charge in [0.15, 0.2) is 0 Å². The molecule has 32 heavy (non-hydrogen) atoms. The Morgan fingerprint density at radius 1 is 1.22 bits per heavy atom. The molecule has 0 fully saturated rings. The lowest BCUT2D eigenvalue weighted by atomic mass is 10.1. The van der Waals surface area contributed by atoms with Crippen molar-refractivity contribution in [2.75, 3.05) is 12.0 Å². The fourth-order valence-corrected chi connectivity index (χ4v) is 3.27. The first-order valence-electron chi connectivity index (χ1n) is 9.61. The van der Waals surface area contributed by atoms with E-state index < -0.39 is 11.7 Å². The molecule has 0 bridgehead atoms. The van der Waals surface area contributed by atoms with E-state index in [1.807, 2.05) is 0 Å². The molecular weight excluding hydrogens is 443 g/mol. The van der Waals surface area contributed by atoms with Crippen LogP contribution in [0.1, 0.15) is 29.3 Å². The number of nitrogens with zero attached hydrogens (tertiary/aromatic N) is 2. The minimum Gasteiger partial charge on any atom is -0.489 e. The number of nitrogens with one attached hydrogen (secondary N) is 1. The number of hydrogen-bond donors (Lipinski definition) is 1. The Labute approximate surface area is 186 Å². The highest BCUT2D eigenvalue weighted by Gasteiger charge is 2.30. The molecule has 0 aliphatic heterocycles. The summed E-state index contributed by atoms with van der Waals surface area (Å²) in [5, 5.41) is 6.40. The zero-order valence-electron chi connectivity index (χ0n) is 17.1. The molecular formula is C22H20F3N3O3S. The molecule has 6 nitrogen and oxygen atoms in total. The maximum absolute atomic E-state index is 12.8. The third-order valence-electron chi connectivity index (χ3n) is 4.10. The number of thiazole rings is 1. The number of esters is 1. The number of carbonyl (C=O) groups is 1. The van der Waals surface area contributed by atoms with E-state index in [0.717, 1.165) is 17.7 Å². The van der Waals surface area contributed by atoms with Gasteiger partial charge in [-0.05, 0) is 54.4 Å². The molecule has 0 aliphatic carbocycles. The summed E-state index contributed by atoms with van der Waals surface area (Å²) >= 11 is 1.32. The van der Waals surface area contributed by atoms with Crippen LogP contribution in [0.25, 0.3) is 0 Å². The maximum atomic E-state index is 12.8. The summed E-state index contributed by atoms with van der Waals surface area (Å²) in [5.74, 6) is 0.194. The lowest BCUT2D eigenvalue weighted by molar-refractivity contribution is -0.142. The molecule has 0 saturated carbocycles. The van der Waals surface area contributed by atoms with E-state index >= 15 is 0 Å². The van der Waals surface area contributed by atoms with Crippen LogP contribution in [0.3, 0.4) is 0 Å².